The van der Waals surface area contributed by atoms with Gasteiger partial charge in [0.15, 0.2) is 0 Å². The Balaban J connectivity index is 1.69. The second-order valence-corrected chi connectivity index (χ2v) is 6.69. The van der Waals surface area contributed by atoms with E-state index in [4.69, 9.17) is 14.0 Å². The molecule has 6 heteroatoms. The zero-order valence-electron chi connectivity index (χ0n) is 15.5. The summed E-state index contributed by atoms with van der Waals surface area (Å²) >= 11 is 0. The number of morpholine rings is 1. The molecule has 0 bridgehead atoms. The van der Waals surface area contributed by atoms with E-state index in [1.165, 1.54) is 0 Å². The van der Waals surface area contributed by atoms with Crippen LogP contribution in [0.5, 0.6) is 5.75 Å². The molecule has 0 aliphatic carbocycles. The fraction of sp³-hybridized carbons (Fsp3) is 0.333. The topological polar surface area (TPSA) is 64.8 Å². The van der Waals surface area contributed by atoms with Crippen molar-refractivity contribution in [1.82, 2.24) is 10.1 Å². The number of hydrogen-bond acceptors (Lipinski definition) is 5. The van der Waals surface area contributed by atoms with Crippen LogP contribution in [0.2, 0.25) is 0 Å². The second-order valence-electron chi connectivity index (χ2n) is 6.69. The number of aromatic nitrogens is 1. The first kappa shape index (κ1) is 17.5. The maximum Gasteiger partial charge on any atom is 0.257 e. The van der Waals surface area contributed by atoms with Gasteiger partial charge in [0.25, 0.3) is 5.91 Å². The molecule has 2 aromatic carbocycles. The molecule has 0 atom stereocenters. The van der Waals surface area contributed by atoms with Crippen molar-refractivity contribution in [3.63, 3.8) is 0 Å². The summed E-state index contributed by atoms with van der Waals surface area (Å²) in [6, 6.07) is 11.8. The molecule has 1 fully saturated rings. The van der Waals surface area contributed by atoms with Crippen molar-refractivity contribution in [3.05, 3.63) is 59.0 Å². The van der Waals surface area contributed by atoms with Gasteiger partial charge in [0.05, 0.1) is 30.0 Å². The summed E-state index contributed by atoms with van der Waals surface area (Å²) in [4.78, 5) is 14.9. The summed E-state index contributed by atoms with van der Waals surface area (Å²) in [7, 11) is 0. The fourth-order valence-corrected chi connectivity index (χ4v) is 3.30. The van der Waals surface area contributed by atoms with E-state index in [1.807, 2.05) is 55.1 Å². The maximum atomic E-state index is 13.1. The van der Waals surface area contributed by atoms with Crippen molar-refractivity contribution in [1.29, 1.82) is 0 Å². The Morgan fingerprint density at radius 3 is 2.52 bits per heavy atom. The second kappa shape index (κ2) is 7.40. The fourth-order valence-electron chi connectivity index (χ4n) is 3.30. The van der Waals surface area contributed by atoms with E-state index in [2.05, 4.69) is 5.16 Å². The van der Waals surface area contributed by atoms with Gasteiger partial charge in [-0.25, -0.2) is 0 Å². The van der Waals surface area contributed by atoms with Crippen molar-refractivity contribution in [2.45, 2.75) is 20.5 Å². The minimum absolute atomic E-state index is 0.0298. The lowest BCUT2D eigenvalue weighted by atomic mass is 10.0. The standard InChI is InChI=1S/C21H22N2O4/c1-14-19(15(2)27-22-14)13-26-20-12-17-6-4-3-5-16(17)11-18(20)21(24)23-7-9-25-10-8-23/h3-6,11-12H,7-10,13H2,1-2H3. The third-order valence-corrected chi connectivity index (χ3v) is 4.93. The lowest BCUT2D eigenvalue weighted by Crippen LogP contribution is -2.40. The molecule has 4 rings (SSSR count). The first-order chi connectivity index (χ1) is 13.1. The molecule has 1 aliphatic rings. The minimum atomic E-state index is -0.0298. The number of carbonyl (C=O) groups excluding carboxylic acids is 1. The van der Waals surface area contributed by atoms with Crippen LogP contribution in [0, 0.1) is 13.8 Å². The summed E-state index contributed by atoms with van der Waals surface area (Å²) in [5, 5.41) is 6.01. The summed E-state index contributed by atoms with van der Waals surface area (Å²) in [6.07, 6.45) is 0. The molecule has 0 saturated carbocycles. The van der Waals surface area contributed by atoms with Gasteiger partial charge >= 0.3 is 0 Å². The molecule has 6 nitrogen and oxygen atoms in total. The van der Waals surface area contributed by atoms with Crippen LogP contribution in [-0.4, -0.2) is 42.3 Å². The van der Waals surface area contributed by atoms with Gasteiger partial charge in [-0.3, -0.25) is 4.79 Å². The predicted molar refractivity (Wildman–Crippen MR) is 101 cm³/mol. The Hall–Kier alpha value is -2.86. The number of aryl methyl sites for hydroxylation is 2. The molecule has 27 heavy (non-hydrogen) atoms. The van der Waals surface area contributed by atoms with Gasteiger partial charge in [-0.15, -0.1) is 0 Å². The van der Waals surface area contributed by atoms with Crippen LogP contribution < -0.4 is 4.74 Å². The highest BCUT2D eigenvalue weighted by atomic mass is 16.5. The number of rotatable bonds is 4. The lowest BCUT2D eigenvalue weighted by Gasteiger charge is -2.27. The number of fused-ring (bicyclic) bond motifs is 1. The zero-order chi connectivity index (χ0) is 18.8. The molecule has 0 spiro atoms. The Morgan fingerprint density at radius 1 is 1.15 bits per heavy atom. The number of carbonyl (C=O) groups is 1. The highest BCUT2D eigenvalue weighted by molar-refractivity contribution is 6.01. The van der Waals surface area contributed by atoms with Crippen molar-refractivity contribution in [2.24, 2.45) is 0 Å². The van der Waals surface area contributed by atoms with E-state index in [0.717, 1.165) is 27.8 Å². The number of nitrogens with zero attached hydrogens (tertiary/aromatic N) is 2. The molecule has 3 aromatic rings. The predicted octanol–water partition coefficient (Wildman–Crippen LogP) is 3.50. The molecule has 2 heterocycles. The smallest absolute Gasteiger partial charge is 0.257 e. The van der Waals surface area contributed by atoms with Crippen LogP contribution in [0.3, 0.4) is 0 Å². The van der Waals surface area contributed by atoms with Gasteiger partial charge < -0.3 is 18.9 Å². The monoisotopic (exact) mass is 366 g/mol. The molecular formula is C21H22N2O4. The molecule has 1 aromatic heterocycles. The van der Waals surface area contributed by atoms with Crippen LogP contribution in [0.25, 0.3) is 10.8 Å². The molecule has 1 amide bonds. The molecule has 140 valence electrons. The average molecular weight is 366 g/mol. The summed E-state index contributed by atoms with van der Waals surface area (Å²) < 4.78 is 16.7. The van der Waals surface area contributed by atoms with Crippen molar-refractivity contribution < 1.29 is 18.8 Å². The third-order valence-electron chi connectivity index (χ3n) is 4.93. The van der Waals surface area contributed by atoms with Crippen LogP contribution in [-0.2, 0) is 11.3 Å². The Morgan fingerprint density at radius 2 is 1.85 bits per heavy atom. The normalized spacial score (nSPS) is 14.5. The first-order valence-electron chi connectivity index (χ1n) is 9.08. The van der Waals surface area contributed by atoms with Crippen LogP contribution in [0.4, 0.5) is 0 Å². The summed E-state index contributed by atoms with van der Waals surface area (Å²) in [5.41, 5.74) is 2.28. The van der Waals surface area contributed by atoms with Gasteiger partial charge in [-0.05, 0) is 36.8 Å². The number of benzene rings is 2. The SMILES string of the molecule is Cc1noc(C)c1COc1cc2ccccc2cc1C(=O)N1CCOCC1. The summed E-state index contributed by atoms with van der Waals surface area (Å²) in [6.45, 7) is 6.37. The first-order valence-corrected chi connectivity index (χ1v) is 9.08. The van der Waals surface area contributed by atoms with Gasteiger partial charge in [0.1, 0.15) is 18.1 Å². The Bertz CT molecular complexity index is 954. The van der Waals surface area contributed by atoms with Crippen molar-refractivity contribution in [2.75, 3.05) is 26.3 Å². The van der Waals surface area contributed by atoms with Gasteiger partial charge in [-0.1, -0.05) is 29.4 Å². The van der Waals surface area contributed by atoms with E-state index < -0.39 is 0 Å². The van der Waals surface area contributed by atoms with E-state index in [1.54, 1.807) is 0 Å². The number of ether oxygens (including phenoxy) is 2. The number of amides is 1. The van der Waals surface area contributed by atoms with Gasteiger partial charge in [-0.2, -0.15) is 0 Å². The third kappa shape index (κ3) is 3.53. The van der Waals surface area contributed by atoms with Crippen molar-refractivity contribution in [3.8, 4) is 5.75 Å². The van der Waals surface area contributed by atoms with Crippen molar-refractivity contribution >= 4 is 16.7 Å². The van der Waals surface area contributed by atoms with Gasteiger partial charge in [0.2, 0.25) is 0 Å². The molecule has 0 radical (unpaired) electrons. The molecular weight excluding hydrogens is 344 g/mol. The lowest BCUT2D eigenvalue weighted by molar-refractivity contribution is 0.0300. The van der Waals surface area contributed by atoms with E-state index >= 15 is 0 Å². The molecule has 1 saturated heterocycles. The Kier molecular flexibility index (Phi) is 4.81. The van der Waals surface area contributed by atoms with E-state index in [0.29, 0.717) is 44.2 Å². The maximum absolute atomic E-state index is 13.1. The zero-order valence-corrected chi connectivity index (χ0v) is 15.5. The van der Waals surface area contributed by atoms with E-state index in [9.17, 15) is 4.79 Å². The average Bonchev–Trinajstić information content (AvgIpc) is 3.03. The highest BCUT2D eigenvalue weighted by Gasteiger charge is 2.23. The molecule has 1 aliphatic heterocycles. The molecule has 0 unspecified atom stereocenters. The minimum Gasteiger partial charge on any atom is -0.488 e. The number of hydrogen-bond donors (Lipinski definition) is 0. The quantitative estimate of drug-likeness (QED) is 0.707. The van der Waals surface area contributed by atoms with Crippen LogP contribution >= 0.6 is 0 Å². The summed E-state index contributed by atoms with van der Waals surface area (Å²) in [5.74, 6) is 1.28. The van der Waals surface area contributed by atoms with E-state index in [-0.39, 0.29) is 5.91 Å². The molecule has 0 N–H and O–H groups in total. The van der Waals surface area contributed by atoms with Crippen LogP contribution in [0.1, 0.15) is 27.4 Å². The Labute approximate surface area is 157 Å². The highest BCUT2D eigenvalue weighted by Crippen LogP contribution is 2.29. The van der Waals surface area contributed by atoms with Gasteiger partial charge in [0, 0.05) is 13.1 Å². The van der Waals surface area contributed by atoms with Crippen LogP contribution in [0.15, 0.2) is 40.9 Å². The largest absolute Gasteiger partial charge is 0.488 e.